The Kier molecular flexibility index (Phi) is 4.28. The van der Waals surface area contributed by atoms with Crippen molar-refractivity contribution in [1.82, 2.24) is 8.87 Å². The molecule has 0 aliphatic carbocycles. The average molecular weight is 305 g/mol. The summed E-state index contributed by atoms with van der Waals surface area (Å²) in [6, 6.07) is 1.69. The quantitative estimate of drug-likeness (QED) is 0.802. The van der Waals surface area contributed by atoms with Gasteiger partial charge in [-0.05, 0) is 24.8 Å². The van der Waals surface area contributed by atoms with Crippen LogP contribution in [0.4, 0.5) is 0 Å². The van der Waals surface area contributed by atoms with Crippen LogP contribution in [-0.4, -0.2) is 30.4 Å². The van der Waals surface area contributed by atoms with Crippen LogP contribution in [-0.2, 0) is 22.4 Å². The standard InChI is InChI=1S/C13H21ClN2O2S/c1-4-15-9-13(5-12(15)6-14)19(17,18)16-7-10(2)11(3)8-16/h5,9-11H,4,6-8H2,1-3H3. The molecule has 2 unspecified atom stereocenters. The van der Waals surface area contributed by atoms with E-state index in [1.807, 2.05) is 11.5 Å². The van der Waals surface area contributed by atoms with E-state index in [2.05, 4.69) is 13.8 Å². The van der Waals surface area contributed by atoms with Crippen molar-refractivity contribution < 1.29 is 8.42 Å². The third-order valence-corrected chi connectivity index (χ3v) is 6.10. The van der Waals surface area contributed by atoms with E-state index in [9.17, 15) is 8.42 Å². The molecule has 19 heavy (non-hydrogen) atoms. The van der Waals surface area contributed by atoms with Crippen molar-refractivity contribution in [2.45, 2.75) is 38.1 Å². The Bertz CT molecular complexity index is 521. The molecule has 2 heterocycles. The summed E-state index contributed by atoms with van der Waals surface area (Å²) >= 11 is 5.85. The number of aryl methyl sites for hydroxylation is 1. The lowest BCUT2D eigenvalue weighted by atomic mass is 10.0. The molecular weight excluding hydrogens is 284 g/mol. The molecule has 1 aliphatic heterocycles. The summed E-state index contributed by atoms with van der Waals surface area (Å²) in [5, 5.41) is 0. The van der Waals surface area contributed by atoms with Crippen LogP contribution in [0.5, 0.6) is 0 Å². The van der Waals surface area contributed by atoms with Gasteiger partial charge in [0.25, 0.3) is 0 Å². The second-order valence-corrected chi connectivity index (χ2v) is 7.57. The Morgan fingerprint density at radius 2 is 1.89 bits per heavy atom. The van der Waals surface area contributed by atoms with Gasteiger partial charge in [0.05, 0.1) is 5.88 Å². The minimum atomic E-state index is -3.37. The second kappa shape index (κ2) is 5.46. The van der Waals surface area contributed by atoms with E-state index in [1.54, 1.807) is 16.6 Å². The summed E-state index contributed by atoms with van der Waals surface area (Å²) in [4.78, 5) is 0.367. The molecule has 0 spiro atoms. The van der Waals surface area contributed by atoms with Gasteiger partial charge in [0, 0.05) is 31.5 Å². The Balaban J connectivity index is 2.32. The van der Waals surface area contributed by atoms with E-state index in [0.29, 0.717) is 35.7 Å². The Morgan fingerprint density at radius 1 is 1.32 bits per heavy atom. The molecule has 0 aromatic carbocycles. The van der Waals surface area contributed by atoms with Crippen molar-refractivity contribution in [2.75, 3.05) is 13.1 Å². The highest BCUT2D eigenvalue weighted by atomic mass is 35.5. The van der Waals surface area contributed by atoms with Gasteiger partial charge in [-0.3, -0.25) is 0 Å². The maximum atomic E-state index is 12.6. The highest BCUT2D eigenvalue weighted by Crippen LogP contribution is 2.29. The summed E-state index contributed by atoms with van der Waals surface area (Å²) in [6.07, 6.45) is 1.70. The molecule has 2 atom stereocenters. The monoisotopic (exact) mass is 304 g/mol. The Morgan fingerprint density at radius 3 is 2.32 bits per heavy atom. The Labute approximate surface area is 120 Å². The number of halogens is 1. The van der Waals surface area contributed by atoms with Crippen LogP contribution in [0.25, 0.3) is 0 Å². The SMILES string of the molecule is CCn1cc(S(=O)(=O)N2CC(C)C(C)C2)cc1CCl. The van der Waals surface area contributed by atoms with Crippen LogP contribution in [0.15, 0.2) is 17.2 Å². The molecule has 0 bridgehead atoms. The van der Waals surface area contributed by atoms with E-state index in [4.69, 9.17) is 11.6 Å². The first kappa shape index (κ1) is 14.9. The fourth-order valence-electron chi connectivity index (χ4n) is 2.49. The first-order chi connectivity index (χ1) is 8.90. The first-order valence-corrected chi connectivity index (χ1v) is 8.62. The summed E-state index contributed by atoms with van der Waals surface area (Å²) in [5.74, 6) is 1.15. The number of hydrogen-bond acceptors (Lipinski definition) is 2. The molecule has 0 radical (unpaired) electrons. The lowest BCUT2D eigenvalue weighted by Gasteiger charge is -2.14. The summed E-state index contributed by atoms with van der Waals surface area (Å²) < 4.78 is 28.7. The van der Waals surface area contributed by atoms with Crippen LogP contribution in [0.2, 0.25) is 0 Å². The largest absolute Gasteiger partial charge is 0.349 e. The van der Waals surface area contributed by atoms with E-state index in [1.165, 1.54) is 0 Å². The van der Waals surface area contributed by atoms with Gasteiger partial charge in [-0.2, -0.15) is 4.31 Å². The van der Waals surface area contributed by atoms with Crippen LogP contribution >= 0.6 is 11.6 Å². The van der Waals surface area contributed by atoms with Gasteiger partial charge in [0.15, 0.2) is 0 Å². The molecular formula is C13H21ClN2O2S. The number of alkyl halides is 1. The molecule has 0 N–H and O–H groups in total. The third-order valence-electron chi connectivity index (χ3n) is 4.03. The van der Waals surface area contributed by atoms with Crippen LogP contribution in [0.3, 0.4) is 0 Å². The van der Waals surface area contributed by atoms with E-state index in [0.717, 1.165) is 12.2 Å². The fourth-order valence-corrected chi connectivity index (χ4v) is 4.43. The fraction of sp³-hybridized carbons (Fsp3) is 0.692. The van der Waals surface area contributed by atoms with E-state index >= 15 is 0 Å². The molecule has 1 aromatic heterocycles. The summed E-state index contributed by atoms with van der Waals surface area (Å²) in [7, 11) is -3.37. The number of aromatic nitrogens is 1. The maximum Gasteiger partial charge on any atom is 0.244 e. The van der Waals surface area contributed by atoms with Crippen molar-refractivity contribution in [3.63, 3.8) is 0 Å². The smallest absolute Gasteiger partial charge is 0.244 e. The van der Waals surface area contributed by atoms with E-state index in [-0.39, 0.29) is 0 Å². The van der Waals surface area contributed by atoms with Crippen molar-refractivity contribution in [2.24, 2.45) is 11.8 Å². The van der Waals surface area contributed by atoms with Gasteiger partial charge in [-0.1, -0.05) is 13.8 Å². The van der Waals surface area contributed by atoms with E-state index < -0.39 is 10.0 Å². The second-order valence-electron chi connectivity index (χ2n) is 5.36. The van der Waals surface area contributed by atoms with Crippen molar-refractivity contribution in [1.29, 1.82) is 0 Å². The number of hydrogen-bond donors (Lipinski definition) is 0. The maximum absolute atomic E-state index is 12.6. The van der Waals surface area contributed by atoms with Crippen LogP contribution in [0, 0.1) is 11.8 Å². The summed E-state index contributed by atoms with van der Waals surface area (Å²) in [5.41, 5.74) is 0.850. The zero-order valence-electron chi connectivity index (χ0n) is 11.6. The van der Waals surface area contributed by atoms with Gasteiger partial charge in [0.2, 0.25) is 10.0 Å². The lowest BCUT2D eigenvalue weighted by molar-refractivity contribution is 0.463. The normalized spacial score (nSPS) is 25.1. The van der Waals surface area contributed by atoms with Crippen LogP contribution in [0.1, 0.15) is 26.5 Å². The molecule has 1 aromatic rings. The molecule has 1 aliphatic rings. The average Bonchev–Trinajstić information content (AvgIpc) is 2.94. The van der Waals surface area contributed by atoms with Crippen molar-refractivity contribution >= 4 is 21.6 Å². The van der Waals surface area contributed by atoms with Gasteiger partial charge in [-0.25, -0.2) is 8.42 Å². The van der Waals surface area contributed by atoms with Crippen molar-refractivity contribution in [3.05, 3.63) is 18.0 Å². The minimum Gasteiger partial charge on any atom is -0.349 e. The molecule has 108 valence electrons. The van der Waals surface area contributed by atoms with Gasteiger partial charge in [-0.15, -0.1) is 11.6 Å². The Hall–Kier alpha value is -0.520. The molecule has 6 heteroatoms. The van der Waals surface area contributed by atoms with Crippen molar-refractivity contribution in [3.8, 4) is 0 Å². The third kappa shape index (κ3) is 2.69. The predicted molar refractivity (Wildman–Crippen MR) is 76.7 cm³/mol. The summed E-state index contributed by atoms with van der Waals surface area (Å²) in [6.45, 7) is 8.12. The highest BCUT2D eigenvalue weighted by molar-refractivity contribution is 7.89. The molecule has 0 saturated carbocycles. The highest BCUT2D eigenvalue weighted by Gasteiger charge is 2.35. The number of rotatable bonds is 4. The molecule has 0 amide bonds. The molecule has 1 fully saturated rings. The van der Waals surface area contributed by atoms with Crippen LogP contribution < -0.4 is 0 Å². The first-order valence-electron chi connectivity index (χ1n) is 6.65. The van der Waals surface area contributed by atoms with Gasteiger partial charge in [0.1, 0.15) is 4.90 Å². The molecule has 2 rings (SSSR count). The topological polar surface area (TPSA) is 42.3 Å². The lowest BCUT2D eigenvalue weighted by Crippen LogP contribution is -2.28. The zero-order chi connectivity index (χ0) is 14.2. The molecule has 1 saturated heterocycles. The predicted octanol–water partition coefficient (Wildman–Crippen LogP) is 2.52. The van der Waals surface area contributed by atoms with Gasteiger partial charge >= 0.3 is 0 Å². The number of nitrogens with zero attached hydrogens (tertiary/aromatic N) is 2. The van der Waals surface area contributed by atoms with Gasteiger partial charge < -0.3 is 4.57 Å². The minimum absolute atomic E-state index is 0.330. The zero-order valence-corrected chi connectivity index (χ0v) is 13.2. The molecule has 4 nitrogen and oxygen atoms in total. The number of sulfonamides is 1.